The average molecular weight is 292 g/mol. The maximum atomic E-state index is 12.6. The number of hydrogen-bond donors (Lipinski definition) is 0. The Morgan fingerprint density at radius 1 is 1.10 bits per heavy atom. The van der Waals surface area contributed by atoms with Gasteiger partial charge in [-0.1, -0.05) is 5.57 Å². The number of rotatable bonds is 0. The second-order valence-electron chi connectivity index (χ2n) is 7.21. The molecular weight excluding hydrogens is 272 g/mol. The lowest BCUT2D eigenvalue weighted by molar-refractivity contribution is -0.248. The van der Waals surface area contributed by atoms with Crippen LogP contribution in [-0.2, 0) is 23.8 Å². The third-order valence-electron chi connectivity index (χ3n) is 5.62. The second-order valence-corrected chi connectivity index (χ2v) is 7.21. The number of carbonyl (C=O) groups is 2. The van der Waals surface area contributed by atoms with E-state index in [1.54, 1.807) is 13.8 Å². The van der Waals surface area contributed by atoms with Crippen LogP contribution in [0, 0.1) is 23.2 Å². The third-order valence-corrected chi connectivity index (χ3v) is 5.62. The molecular formula is C16H20O5. The van der Waals surface area contributed by atoms with Crippen LogP contribution in [0.1, 0.15) is 33.6 Å². The zero-order valence-electron chi connectivity index (χ0n) is 12.6. The lowest BCUT2D eigenvalue weighted by atomic mass is 9.77. The Labute approximate surface area is 123 Å². The fourth-order valence-corrected chi connectivity index (χ4v) is 4.71. The zero-order valence-corrected chi connectivity index (χ0v) is 12.6. The van der Waals surface area contributed by atoms with Gasteiger partial charge in [0.2, 0.25) is 0 Å². The summed E-state index contributed by atoms with van der Waals surface area (Å²) in [5.41, 5.74) is 0.908. The van der Waals surface area contributed by atoms with Crippen LogP contribution in [0.3, 0.4) is 0 Å². The van der Waals surface area contributed by atoms with Gasteiger partial charge in [-0.05, 0) is 37.2 Å². The van der Waals surface area contributed by atoms with Gasteiger partial charge in [-0.25, -0.2) is 0 Å². The first-order valence-corrected chi connectivity index (χ1v) is 7.61. The monoisotopic (exact) mass is 292 g/mol. The Morgan fingerprint density at radius 3 is 2.43 bits per heavy atom. The molecule has 5 nitrogen and oxygen atoms in total. The van der Waals surface area contributed by atoms with Gasteiger partial charge in [0, 0.05) is 19.8 Å². The predicted molar refractivity (Wildman–Crippen MR) is 71.9 cm³/mol. The van der Waals surface area contributed by atoms with Gasteiger partial charge in [-0.15, -0.1) is 0 Å². The number of carbonyl (C=O) groups excluding carboxylic acids is 2. The quantitative estimate of drug-likeness (QED) is 0.387. The highest BCUT2D eigenvalue weighted by Crippen LogP contribution is 2.60. The molecule has 4 rings (SSSR count). The largest absolute Gasteiger partial charge is 0.422 e. The molecule has 21 heavy (non-hydrogen) atoms. The maximum absolute atomic E-state index is 12.6. The van der Waals surface area contributed by atoms with E-state index in [9.17, 15) is 9.59 Å². The average Bonchev–Trinajstić information content (AvgIpc) is 2.97. The molecule has 2 aliphatic carbocycles. The van der Waals surface area contributed by atoms with Crippen LogP contribution in [-0.4, -0.2) is 30.9 Å². The molecule has 1 spiro atoms. The first-order valence-electron chi connectivity index (χ1n) is 7.61. The van der Waals surface area contributed by atoms with E-state index >= 15 is 0 Å². The predicted octanol–water partition coefficient (Wildman–Crippen LogP) is 1.81. The lowest BCUT2D eigenvalue weighted by Gasteiger charge is -2.39. The van der Waals surface area contributed by atoms with Crippen LogP contribution in [0.25, 0.3) is 0 Å². The van der Waals surface area contributed by atoms with Gasteiger partial charge in [0.05, 0.1) is 13.2 Å². The van der Waals surface area contributed by atoms with E-state index in [1.807, 2.05) is 6.92 Å². The summed E-state index contributed by atoms with van der Waals surface area (Å²) in [6.45, 7) is 6.59. The normalized spacial score (nSPS) is 39.3. The molecule has 0 aromatic rings. The molecule has 1 saturated carbocycles. The molecule has 5 heteroatoms. The van der Waals surface area contributed by atoms with Crippen LogP contribution < -0.4 is 0 Å². The minimum Gasteiger partial charge on any atom is -0.422 e. The summed E-state index contributed by atoms with van der Waals surface area (Å²) >= 11 is 0. The molecule has 2 aliphatic heterocycles. The van der Waals surface area contributed by atoms with Gasteiger partial charge in [-0.3, -0.25) is 9.59 Å². The summed E-state index contributed by atoms with van der Waals surface area (Å²) < 4.78 is 16.3. The molecule has 0 aromatic carbocycles. The highest BCUT2D eigenvalue weighted by Gasteiger charge is 2.64. The lowest BCUT2D eigenvalue weighted by Crippen LogP contribution is -2.53. The number of hydrogen-bond acceptors (Lipinski definition) is 5. The van der Waals surface area contributed by atoms with Crippen molar-refractivity contribution in [3.63, 3.8) is 0 Å². The first-order chi connectivity index (χ1) is 9.85. The van der Waals surface area contributed by atoms with Crippen LogP contribution in [0.2, 0.25) is 0 Å². The van der Waals surface area contributed by atoms with Crippen molar-refractivity contribution < 1.29 is 23.8 Å². The van der Waals surface area contributed by atoms with Crippen LogP contribution in [0.5, 0.6) is 0 Å². The standard InChI is InChI=1S/C16H20O5/c1-8-12-9(4-10-6-19-7-11(10)12)5-16(8)13(17)20-15(2,3)21-14(16)18/h9-11H,4-7H2,1-3H3/t9-,10-,11+/m1/s1. The van der Waals surface area contributed by atoms with E-state index in [0.29, 0.717) is 30.8 Å². The summed E-state index contributed by atoms with van der Waals surface area (Å²) in [7, 11) is 0. The molecule has 114 valence electrons. The highest BCUT2D eigenvalue weighted by molar-refractivity contribution is 6.06. The number of ether oxygens (including phenoxy) is 3. The van der Waals surface area contributed by atoms with Crippen molar-refractivity contribution in [1.82, 2.24) is 0 Å². The molecule has 0 bridgehead atoms. The minimum absolute atomic E-state index is 0.296. The molecule has 4 aliphatic rings. The van der Waals surface area contributed by atoms with Crippen molar-refractivity contribution in [2.45, 2.75) is 39.4 Å². The summed E-state index contributed by atoms with van der Waals surface area (Å²) in [4.78, 5) is 25.2. The number of cyclic esters (lactones) is 2. The molecule has 3 fully saturated rings. The Hall–Kier alpha value is -1.36. The van der Waals surface area contributed by atoms with E-state index in [-0.39, 0.29) is 0 Å². The van der Waals surface area contributed by atoms with Crippen molar-refractivity contribution in [1.29, 1.82) is 0 Å². The SMILES string of the molecule is CC1=C2[C@H](C[C@@H]3COC[C@H]23)CC12C(=O)OC(C)(C)OC2=O. The van der Waals surface area contributed by atoms with Crippen LogP contribution in [0.4, 0.5) is 0 Å². The van der Waals surface area contributed by atoms with Crippen LogP contribution >= 0.6 is 0 Å². The van der Waals surface area contributed by atoms with Gasteiger partial charge in [-0.2, -0.15) is 0 Å². The molecule has 0 aromatic heterocycles. The Morgan fingerprint density at radius 2 is 1.76 bits per heavy atom. The van der Waals surface area contributed by atoms with Crippen molar-refractivity contribution in [2.24, 2.45) is 23.2 Å². The molecule has 2 heterocycles. The number of fused-ring (bicyclic) bond motifs is 3. The molecule has 0 unspecified atom stereocenters. The van der Waals surface area contributed by atoms with E-state index in [0.717, 1.165) is 18.6 Å². The van der Waals surface area contributed by atoms with Crippen LogP contribution in [0.15, 0.2) is 11.1 Å². The van der Waals surface area contributed by atoms with Crippen molar-refractivity contribution in [3.8, 4) is 0 Å². The Kier molecular flexibility index (Phi) is 2.46. The fourth-order valence-electron chi connectivity index (χ4n) is 4.71. The summed E-state index contributed by atoms with van der Waals surface area (Å²) in [5, 5.41) is 0. The summed E-state index contributed by atoms with van der Waals surface area (Å²) in [5.74, 6) is -0.849. The van der Waals surface area contributed by atoms with Crippen molar-refractivity contribution in [3.05, 3.63) is 11.1 Å². The van der Waals surface area contributed by atoms with Crippen molar-refractivity contribution >= 4 is 11.9 Å². The summed E-state index contributed by atoms with van der Waals surface area (Å²) in [6, 6.07) is 0. The maximum Gasteiger partial charge on any atom is 0.331 e. The molecule has 2 saturated heterocycles. The Bertz CT molecular complexity index is 553. The molecule has 0 radical (unpaired) electrons. The third kappa shape index (κ3) is 1.55. The van der Waals surface area contributed by atoms with Gasteiger partial charge in [0.15, 0.2) is 5.41 Å². The van der Waals surface area contributed by atoms with E-state index in [1.165, 1.54) is 5.57 Å². The van der Waals surface area contributed by atoms with Gasteiger partial charge in [0.25, 0.3) is 5.79 Å². The highest BCUT2D eigenvalue weighted by atomic mass is 16.7. The molecule has 0 N–H and O–H groups in total. The first kappa shape index (κ1) is 13.3. The minimum atomic E-state index is -1.21. The van der Waals surface area contributed by atoms with E-state index < -0.39 is 23.1 Å². The topological polar surface area (TPSA) is 61.8 Å². The second kappa shape index (κ2) is 3.88. The molecule has 3 atom stereocenters. The van der Waals surface area contributed by atoms with E-state index in [2.05, 4.69) is 0 Å². The Balaban J connectivity index is 1.77. The zero-order chi connectivity index (χ0) is 15.0. The van der Waals surface area contributed by atoms with Crippen molar-refractivity contribution in [2.75, 3.05) is 13.2 Å². The van der Waals surface area contributed by atoms with E-state index in [4.69, 9.17) is 14.2 Å². The molecule has 0 amide bonds. The van der Waals surface area contributed by atoms with Gasteiger partial charge < -0.3 is 14.2 Å². The summed E-state index contributed by atoms with van der Waals surface area (Å²) in [6.07, 6.45) is 1.51. The smallest absolute Gasteiger partial charge is 0.331 e. The van der Waals surface area contributed by atoms with Gasteiger partial charge >= 0.3 is 11.9 Å². The number of esters is 2. The van der Waals surface area contributed by atoms with Gasteiger partial charge in [0.1, 0.15) is 0 Å². The fraction of sp³-hybridized carbons (Fsp3) is 0.750.